The first kappa shape index (κ1) is 21.5. The Morgan fingerprint density at radius 3 is 2.37 bits per heavy atom. The Kier molecular flexibility index (Phi) is 8.41. The molecule has 7 heteroatoms. The first-order chi connectivity index (χ1) is 12.9. The van der Waals surface area contributed by atoms with E-state index in [1.54, 1.807) is 13.8 Å². The number of nitrogens with one attached hydrogen (secondary N) is 2. The minimum atomic E-state index is -0.905. The average molecular weight is 380 g/mol. The van der Waals surface area contributed by atoms with E-state index in [-0.39, 0.29) is 36.7 Å². The molecule has 152 valence electrons. The quantitative estimate of drug-likeness (QED) is 0.400. The number of rotatable bonds is 12. The molecule has 0 saturated heterocycles. The Morgan fingerprint density at radius 2 is 1.81 bits per heavy atom. The van der Waals surface area contributed by atoms with Gasteiger partial charge in [0.25, 0.3) is 0 Å². The van der Waals surface area contributed by atoms with Crippen LogP contribution in [0.25, 0.3) is 0 Å². The zero-order valence-corrected chi connectivity index (χ0v) is 16.4. The molecule has 0 aliphatic heterocycles. The molecule has 7 nitrogen and oxygen atoms in total. The van der Waals surface area contributed by atoms with Crippen molar-refractivity contribution >= 4 is 23.9 Å². The molecule has 0 aromatic carbocycles. The normalized spacial score (nSPS) is 19.5. The second kappa shape index (κ2) is 10.5. The van der Waals surface area contributed by atoms with Crippen LogP contribution in [0.15, 0.2) is 0 Å². The van der Waals surface area contributed by atoms with Crippen molar-refractivity contribution in [2.45, 2.75) is 96.0 Å². The van der Waals surface area contributed by atoms with Gasteiger partial charge in [-0.3, -0.25) is 9.59 Å². The van der Waals surface area contributed by atoms with Crippen molar-refractivity contribution in [2.24, 2.45) is 5.92 Å². The molecular formula is C20H32N2O5. The largest absolute Gasteiger partial charge is 0.461 e. The molecule has 0 bridgehead atoms. The Labute approximate surface area is 161 Å². The molecule has 2 aliphatic rings. The number of carbonyl (C=O) groups excluding carboxylic acids is 3. The fourth-order valence-electron chi connectivity index (χ4n) is 3.40. The maximum Gasteiger partial charge on any atom is 0.328 e. The van der Waals surface area contributed by atoms with Crippen LogP contribution in [-0.2, 0) is 23.9 Å². The van der Waals surface area contributed by atoms with Crippen LogP contribution < -0.4 is 5.32 Å². The van der Waals surface area contributed by atoms with E-state index in [9.17, 15) is 14.4 Å². The van der Waals surface area contributed by atoms with Crippen LogP contribution in [0.5, 0.6) is 0 Å². The number of amides is 1. The van der Waals surface area contributed by atoms with Crippen molar-refractivity contribution in [3.63, 3.8) is 0 Å². The Bertz CT molecular complexity index is 538. The van der Waals surface area contributed by atoms with Crippen molar-refractivity contribution in [3.8, 4) is 0 Å². The van der Waals surface area contributed by atoms with Crippen LogP contribution in [0.3, 0.4) is 0 Å². The predicted octanol–water partition coefficient (Wildman–Crippen LogP) is 2.55. The summed E-state index contributed by atoms with van der Waals surface area (Å²) in [5, 5.41) is 9.74. The summed E-state index contributed by atoms with van der Waals surface area (Å²) in [6, 6.07) is -0.905. The summed E-state index contributed by atoms with van der Waals surface area (Å²) in [7, 11) is 0. The van der Waals surface area contributed by atoms with Crippen LogP contribution in [-0.4, -0.2) is 48.2 Å². The molecule has 2 saturated carbocycles. The third kappa shape index (κ3) is 7.79. The number of esters is 1. The molecule has 27 heavy (non-hydrogen) atoms. The third-order valence-corrected chi connectivity index (χ3v) is 4.99. The molecule has 2 fully saturated rings. The summed E-state index contributed by atoms with van der Waals surface area (Å²) >= 11 is 0. The maximum atomic E-state index is 12.8. The second-order valence-electron chi connectivity index (χ2n) is 7.91. The second-order valence-corrected chi connectivity index (χ2v) is 7.91. The Balaban J connectivity index is 1.98. The summed E-state index contributed by atoms with van der Waals surface area (Å²) in [5.41, 5.74) is 0. The van der Waals surface area contributed by atoms with E-state index < -0.39 is 18.1 Å². The topological polar surface area (TPSA) is 106 Å². The van der Waals surface area contributed by atoms with Crippen LogP contribution in [0, 0.1) is 11.3 Å². The van der Waals surface area contributed by atoms with Gasteiger partial charge in [-0.2, -0.15) is 0 Å². The number of hydrogen-bond donors (Lipinski definition) is 2. The van der Waals surface area contributed by atoms with E-state index in [4.69, 9.17) is 14.9 Å². The Morgan fingerprint density at radius 1 is 1.15 bits per heavy atom. The van der Waals surface area contributed by atoms with Crippen LogP contribution in [0.2, 0.25) is 0 Å². The van der Waals surface area contributed by atoms with Crippen molar-refractivity contribution in [2.75, 3.05) is 0 Å². The fourth-order valence-corrected chi connectivity index (χ4v) is 3.40. The number of hydrogen-bond acceptors (Lipinski definition) is 6. The highest BCUT2D eigenvalue weighted by atomic mass is 16.5. The van der Waals surface area contributed by atoms with E-state index in [0.29, 0.717) is 12.3 Å². The van der Waals surface area contributed by atoms with E-state index in [2.05, 4.69) is 5.32 Å². The summed E-state index contributed by atoms with van der Waals surface area (Å²) in [6.45, 7) is 3.47. The van der Waals surface area contributed by atoms with Gasteiger partial charge in [0.15, 0.2) is 5.78 Å². The molecule has 0 aromatic heterocycles. The highest BCUT2D eigenvalue weighted by Gasteiger charge is 2.34. The average Bonchev–Trinajstić information content (AvgIpc) is 3.29. The van der Waals surface area contributed by atoms with Gasteiger partial charge in [0.05, 0.1) is 18.4 Å². The Hall–Kier alpha value is -1.76. The lowest BCUT2D eigenvalue weighted by Gasteiger charge is -2.24. The van der Waals surface area contributed by atoms with Crippen molar-refractivity contribution in [3.05, 3.63) is 0 Å². The van der Waals surface area contributed by atoms with Gasteiger partial charge in [-0.25, -0.2) is 4.79 Å². The molecule has 0 unspecified atom stereocenters. The molecule has 2 aliphatic carbocycles. The SMILES string of the molecule is CC(C)OC(=O)[C@H](CCC(=O)C=N)NC(=O)[C@H](CC1CCCC1)OC1CC1. The van der Waals surface area contributed by atoms with Gasteiger partial charge in [0.2, 0.25) is 5.91 Å². The summed E-state index contributed by atoms with van der Waals surface area (Å²) < 4.78 is 11.1. The smallest absolute Gasteiger partial charge is 0.328 e. The zero-order valence-electron chi connectivity index (χ0n) is 16.4. The van der Waals surface area contributed by atoms with E-state index in [1.807, 2.05) is 0 Å². The monoisotopic (exact) mass is 380 g/mol. The van der Waals surface area contributed by atoms with Gasteiger partial charge < -0.3 is 20.2 Å². The number of carbonyl (C=O) groups is 3. The van der Waals surface area contributed by atoms with Gasteiger partial charge in [0, 0.05) is 6.42 Å². The van der Waals surface area contributed by atoms with Crippen molar-refractivity contribution in [1.29, 1.82) is 5.41 Å². The van der Waals surface area contributed by atoms with E-state index in [0.717, 1.165) is 31.9 Å². The lowest BCUT2D eigenvalue weighted by atomic mass is 9.99. The van der Waals surface area contributed by atoms with Gasteiger partial charge in [0.1, 0.15) is 12.1 Å². The van der Waals surface area contributed by atoms with E-state index in [1.165, 1.54) is 12.8 Å². The fraction of sp³-hybridized carbons (Fsp3) is 0.800. The first-order valence-corrected chi connectivity index (χ1v) is 10.1. The lowest BCUT2D eigenvalue weighted by Crippen LogP contribution is -2.48. The highest BCUT2D eigenvalue weighted by molar-refractivity contribution is 6.26. The lowest BCUT2D eigenvalue weighted by molar-refractivity contribution is -0.153. The molecular weight excluding hydrogens is 348 g/mol. The number of ketones is 1. The molecule has 2 rings (SSSR count). The minimum absolute atomic E-state index is 0.0123. The number of Topliss-reactive ketones (excluding diaryl/α,β-unsaturated/α-hetero) is 1. The summed E-state index contributed by atoms with van der Waals surface area (Å²) in [5.74, 6) is -0.757. The third-order valence-electron chi connectivity index (χ3n) is 4.99. The molecule has 0 spiro atoms. The van der Waals surface area contributed by atoms with Crippen LogP contribution >= 0.6 is 0 Å². The molecule has 0 aromatic rings. The predicted molar refractivity (Wildman–Crippen MR) is 101 cm³/mol. The molecule has 2 N–H and O–H groups in total. The van der Waals surface area contributed by atoms with Gasteiger partial charge >= 0.3 is 5.97 Å². The van der Waals surface area contributed by atoms with Crippen LogP contribution in [0.1, 0.15) is 71.6 Å². The van der Waals surface area contributed by atoms with Crippen molar-refractivity contribution in [1.82, 2.24) is 5.32 Å². The standard InChI is InChI=1S/C20H32N2O5/c1-13(2)26-20(25)17(10-7-15(23)12-21)22-19(24)18(27-16-8-9-16)11-14-5-3-4-6-14/h12-14,16-18,21H,3-11H2,1-2H3,(H,22,24)/t17-,18-/m0/s1. The van der Waals surface area contributed by atoms with Gasteiger partial charge in [-0.15, -0.1) is 0 Å². The summed E-state index contributed by atoms with van der Waals surface area (Å²) in [4.78, 5) is 36.6. The summed E-state index contributed by atoms with van der Waals surface area (Å²) in [6.07, 6.45) is 7.36. The van der Waals surface area contributed by atoms with E-state index >= 15 is 0 Å². The van der Waals surface area contributed by atoms with Crippen molar-refractivity contribution < 1.29 is 23.9 Å². The zero-order chi connectivity index (χ0) is 19.8. The molecule has 1 amide bonds. The molecule has 0 heterocycles. The van der Waals surface area contributed by atoms with Crippen LogP contribution in [0.4, 0.5) is 0 Å². The number of ether oxygens (including phenoxy) is 2. The first-order valence-electron chi connectivity index (χ1n) is 10.1. The maximum absolute atomic E-state index is 12.8. The minimum Gasteiger partial charge on any atom is -0.461 e. The molecule has 0 radical (unpaired) electrons. The highest BCUT2D eigenvalue weighted by Crippen LogP contribution is 2.32. The molecule has 2 atom stereocenters. The van der Waals surface area contributed by atoms with Gasteiger partial charge in [-0.1, -0.05) is 25.7 Å². The van der Waals surface area contributed by atoms with Gasteiger partial charge in [-0.05, 0) is 45.4 Å².